The second-order valence-electron chi connectivity index (χ2n) is 2.55. The van der Waals surface area contributed by atoms with Crippen LogP contribution in [-0.4, -0.2) is 12.4 Å². The van der Waals surface area contributed by atoms with Crippen molar-refractivity contribution in [3.63, 3.8) is 0 Å². The molecule has 0 radical (unpaired) electrons. The van der Waals surface area contributed by atoms with Crippen molar-refractivity contribution in [3.8, 4) is 5.75 Å². The topological polar surface area (TPSA) is 35.2 Å². The fourth-order valence-corrected chi connectivity index (χ4v) is 1.18. The van der Waals surface area contributed by atoms with E-state index in [0.717, 1.165) is 22.3 Å². The molecule has 0 aromatic heterocycles. The summed E-state index contributed by atoms with van der Waals surface area (Å²) in [6.07, 6.45) is 3.96. The number of hydrogen-bond donors (Lipinski definition) is 1. The molecular weight excluding hydrogens is 230 g/mol. The molecule has 0 spiro atoms. The van der Waals surface area contributed by atoms with Gasteiger partial charge in [-0.3, -0.25) is 0 Å². The van der Waals surface area contributed by atoms with Crippen LogP contribution in [0.2, 0.25) is 0 Å². The first-order chi connectivity index (χ1) is 6.27. The third-order valence-electron chi connectivity index (χ3n) is 1.68. The van der Waals surface area contributed by atoms with Gasteiger partial charge in [0.25, 0.3) is 0 Å². The molecule has 0 amide bonds. The zero-order valence-corrected chi connectivity index (χ0v) is 9.04. The van der Waals surface area contributed by atoms with Crippen LogP contribution in [0.25, 0.3) is 6.08 Å². The predicted octanol–water partition coefficient (Wildman–Crippen LogP) is 2.69. The van der Waals surface area contributed by atoms with Gasteiger partial charge in [0.05, 0.1) is 7.11 Å². The van der Waals surface area contributed by atoms with E-state index in [1.165, 1.54) is 0 Å². The van der Waals surface area contributed by atoms with Gasteiger partial charge in [0.2, 0.25) is 0 Å². The van der Waals surface area contributed by atoms with Gasteiger partial charge in [-0.1, -0.05) is 28.1 Å². The molecule has 0 heterocycles. The molecule has 1 aromatic rings. The fraction of sp³-hybridized carbons (Fsp3) is 0.200. The number of nitrogens with two attached hydrogens (primary N) is 1. The Morgan fingerprint density at radius 1 is 1.54 bits per heavy atom. The maximum Gasteiger partial charge on any atom is 0.119 e. The first-order valence-corrected chi connectivity index (χ1v) is 5.06. The van der Waals surface area contributed by atoms with Gasteiger partial charge in [-0.05, 0) is 18.2 Å². The molecule has 1 rings (SSSR count). The molecule has 13 heavy (non-hydrogen) atoms. The molecule has 0 atom stereocenters. The molecule has 2 nitrogen and oxygen atoms in total. The molecular formula is C10H12BrNO. The molecule has 0 aliphatic heterocycles. The number of halogens is 1. The Balaban J connectivity index is 2.97. The average Bonchev–Trinajstić information content (AvgIpc) is 2.17. The second-order valence-corrected chi connectivity index (χ2v) is 3.20. The van der Waals surface area contributed by atoms with Crippen LogP contribution in [0.15, 0.2) is 24.3 Å². The van der Waals surface area contributed by atoms with Crippen molar-refractivity contribution in [3.05, 3.63) is 29.8 Å². The van der Waals surface area contributed by atoms with Crippen molar-refractivity contribution in [1.82, 2.24) is 0 Å². The van der Waals surface area contributed by atoms with Crippen LogP contribution in [-0.2, 0) is 0 Å². The third-order valence-corrected chi connectivity index (χ3v) is 2.05. The number of benzene rings is 1. The van der Waals surface area contributed by atoms with Crippen molar-refractivity contribution >= 4 is 27.7 Å². The second kappa shape index (κ2) is 4.92. The SMILES string of the molecule is COc1ccc(N)c(C=CCBr)c1. The summed E-state index contributed by atoms with van der Waals surface area (Å²) >= 11 is 3.31. The van der Waals surface area contributed by atoms with E-state index in [1.807, 2.05) is 30.4 Å². The molecule has 1 aromatic carbocycles. The van der Waals surface area contributed by atoms with E-state index in [1.54, 1.807) is 7.11 Å². The number of nitrogen functional groups attached to an aromatic ring is 1. The minimum Gasteiger partial charge on any atom is -0.497 e. The predicted molar refractivity (Wildman–Crippen MR) is 60.2 cm³/mol. The van der Waals surface area contributed by atoms with E-state index in [4.69, 9.17) is 10.5 Å². The smallest absolute Gasteiger partial charge is 0.119 e. The average molecular weight is 242 g/mol. The van der Waals surface area contributed by atoms with Crippen molar-refractivity contribution in [1.29, 1.82) is 0 Å². The Hall–Kier alpha value is -0.960. The summed E-state index contributed by atoms with van der Waals surface area (Å²) in [6, 6.07) is 5.60. The highest BCUT2D eigenvalue weighted by atomic mass is 79.9. The van der Waals surface area contributed by atoms with Gasteiger partial charge in [-0.15, -0.1) is 0 Å². The number of ether oxygens (including phenoxy) is 1. The summed E-state index contributed by atoms with van der Waals surface area (Å²) in [4.78, 5) is 0. The minimum absolute atomic E-state index is 0.762. The van der Waals surface area contributed by atoms with Crippen LogP contribution in [0.4, 0.5) is 5.69 Å². The lowest BCUT2D eigenvalue weighted by molar-refractivity contribution is 0.415. The highest BCUT2D eigenvalue weighted by molar-refractivity contribution is 9.09. The van der Waals surface area contributed by atoms with Gasteiger partial charge in [-0.25, -0.2) is 0 Å². The van der Waals surface area contributed by atoms with Gasteiger partial charge >= 0.3 is 0 Å². The quantitative estimate of drug-likeness (QED) is 0.653. The summed E-state index contributed by atoms with van der Waals surface area (Å²) in [7, 11) is 1.64. The Morgan fingerprint density at radius 2 is 2.31 bits per heavy atom. The van der Waals surface area contributed by atoms with Crippen LogP contribution in [0.3, 0.4) is 0 Å². The molecule has 0 saturated heterocycles. The number of anilines is 1. The molecule has 2 N–H and O–H groups in total. The lowest BCUT2D eigenvalue weighted by atomic mass is 10.1. The van der Waals surface area contributed by atoms with Crippen LogP contribution in [0, 0.1) is 0 Å². The molecule has 0 aliphatic rings. The van der Waals surface area contributed by atoms with E-state index in [2.05, 4.69) is 15.9 Å². The van der Waals surface area contributed by atoms with Crippen LogP contribution in [0.1, 0.15) is 5.56 Å². The Bertz CT molecular complexity index is 310. The van der Waals surface area contributed by atoms with Crippen LogP contribution in [0.5, 0.6) is 5.75 Å². The third kappa shape index (κ3) is 2.77. The zero-order chi connectivity index (χ0) is 9.68. The maximum atomic E-state index is 5.76. The van der Waals surface area contributed by atoms with E-state index in [9.17, 15) is 0 Å². The molecule has 70 valence electrons. The summed E-state index contributed by atoms with van der Waals surface area (Å²) < 4.78 is 5.09. The van der Waals surface area contributed by atoms with Gasteiger partial charge in [0.15, 0.2) is 0 Å². The van der Waals surface area contributed by atoms with Crippen molar-refractivity contribution in [2.24, 2.45) is 0 Å². The monoisotopic (exact) mass is 241 g/mol. The maximum absolute atomic E-state index is 5.76. The zero-order valence-electron chi connectivity index (χ0n) is 7.46. The number of alkyl halides is 1. The van der Waals surface area contributed by atoms with Crippen LogP contribution >= 0.6 is 15.9 Å². The van der Waals surface area contributed by atoms with E-state index < -0.39 is 0 Å². The Kier molecular flexibility index (Phi) is 3.83. The van der Waals surface area contributed by atoms with Gasteiger partial charge in [0.1, 0.15) is 5.75 Å². The van der Waals surface area contributed by atoms with E-state index >= 15 is 0 Å². The minimum atomic E-state index is 0.762. The van der Waals surface area contributed by atoms with Gasteiger partial charge in [0, 0.05) is 16.6 Å². The Morgan fingerprint density at radius 3 is 2.92 bits per heavy atom. The van der Waals surface area contributed by atoms with Crippen LogP contribution < -0.4 is 10.5 Å². The lowest BCUT2D eigenvalue weighted by Crippen LogP contribution is -1.90. The van der Waals surface area contributed by atoms with E-state index in [-0.39, 0.29) is 0 Å². The summed E-state index contributed by atoms with van der Waals surface area (Å²) in [5.41, 5.74) is 7.51. The number of allylic oxidation sites excluding steroid dienone is 1. The summed E-state index contributed by atoms with van der Waals surface area (Å²) in [5.74, 6) is 0.823. The normalized spacial score (nSPS) is 10.6. The molecule has 0 unspecified atom stereocenters. The molecule has 0 aliphatic carbocycles. The summed E-state index contributed by atoms with van der Waals surface area (Å²) in [5, 5.41) is 0.823. The van der Waals surface area contributed by atoms with Gasteiger partial charge in [-0.2, -0.15) is 0 Å². The highest BCUT2D eigenvalue weighted by Crippen LogP contribution is 2.20. The molecule has 0 bridgehead atoms. The number of methoxy groups -OCH3 is 1. The highest BCUT2D eigenvalue weighted by Gasteiger charge is 1.96. The number of hydrogen-bond acceptors (Lipinski definition) is 2. The van der Waals surface area contributed by atoms with Gasteiger partial charge < -0.3 is 10.5 Å². The van der Waals surface area contributed by atoms with Crippen molar-refractivity contribution in [2.45, 2.75) is 0 Å². The lowest BCUT2D eigenvalue weighted by Gasteiger charge is -2.03. The summed E-state index contributed by atoms with van der Waals surface area (Å²) in [6.45, 7) is 0. The molecule has 0 fully saturated rings. The standard InChI is InChI=1S/C10H12BrNO/c1-13-9-4-5-10(12)8(7-9)3-2-6-11/h2-5,7H,6,12H2,1H3. The fourth-order valence-electron chi connectivity index (χ4n) is 0.996. The van der Waals surface area contributed by atoms with Crippen molar-refractivity contribution < 1.29 is 4.74 Å². The number of rotatable bonds is 3. The first kappa shape index (κ1) is 10.1. The van der Waals surface area contributed by atoms with E-state index in [0.29, 0.717) is 0 Å². The molecule has 3 heteroatoms. The Labute approximate surface area is 86.5 Å². The largest absolute Gasteiger partial charge is 0.497 e. The molecule has 0 saturated carbocycles. The van der Waals surface area contributed by atoms with Crippen molar-refractivity contribution in [2.75, 3.05) is 18.2 Å². The first-order valence-electron chi connectivity index (χ1n) is 3.94.